The second-order valence-corrected chi connectivity index (χ2v) is 12.0. The molecule has 2 aliphatic rings. The van der Waals surface area contributed by atoms with E-state index in [-0.39, 0.29) is 16.8 Å². The molecular formula is C27H25N9O5S2. The van der Waals surface area contributed by atoms with Crippen molar-refractivity contribution in [3.8, 4) is 0 Å². The van der Waals surface area contributed by atoms with Crippen molar-refractivity contribution in [1.29, 1.82) is 0 Å². The quantitative estimate of drug-likeness (QED) is 0.128. The van der Waals surface area contributed by atoms with Crippen molar-refractivity contribution in [3.05, 3.63) is 77.3 Å². The van der Waals surface area contributed by atoms with Crippen LogP contribution in [0.1, 0.15) is 35.6 Å². The number of aliphatic carboxylic acids is 1. The molecule has 4 heterocycles. The number of nitrogens with one attached hydrogen (secondary N) is 4. The second-order valence-electron chi connectivity index (χ2n) is 9.70. The first-order chi connectivity index (χ1) is 20.9. The summed E-state index contributed by atoms with van der Waals surface area (Å²) < 4.78 is 0. The Hall–Kier alpha value is -4.70. The molecular weight excluding hydrogens is 594 g/mol. The normalized spacial score (nSPS) is 19.4. The average Bonchev–Trinajstić information content (AvgIpc) is 3.71. The van der Waals surface area contributed by atoms with Crippen molar-refractivity contribution >= 4 is 58.2 Å². The summed E-state index contributed by atoms with van der Waals surface area (Å²) in [5.41, 5.74) is 2.25. The van der Waals surface area contributed by atoms with Crippen LogP contribution in [0.15, 0.2) is 71.0 Å². The number of imidazole rings is 1. The Morgan fingerprint density at radius 2 is 1.93 bits per heavy atom. The summed E-state index contributed by atoms with van der Waals surface area (Å²) in [5, 5.41) is 28.9. The van der Waals surface area contributed by atoms with E-state index in [1.807, 2.05) is 13.0 Å². The minimum Gasteiger partial charge on any atom is -0.477 e. The number of aromatic nitrogens is 6. The Morgan fingerprint density at radius 3 is 2.63 bits per heavy atom. The van der Waals surface area contributed by atoms with Crippen molar-refractivity contribution < 1.29 is 24.3 Å². The summed E-state index contributed by atoms with van der Waals surface area (Å²) in [7, 11) is 0. The minimum atomic E-state index is -1.23. The van der Waals surface area contributed by atoms with Gasteiger partial charge in [0.2, 0.25) is 11.1 Å². The molecule has 14 nitrogen and oxygen atoms in total. The maximum absolute atomic E-state index is 13.6. The molecule has 1 fully saturated rings. The lowest BCUT2D eigenvalue weighted by Gasteiger charge is -2.50. The lowest BCUT2D eigenvalue weighted by Crippen LogP contribution is -2.71. The third kappa shape index (κ3) is 5.46. The molecule has 0 bridgehead atoms. The van der Waals surface area contributed by atoms with Crippen molar-refractivity contribution in [2.75, 3.05) is 5.75 Å². The first-order valence-corrected chi connectivity index (χ1v) is 15.2. The van der Waals surface area contributed by atoms with E-state index in [4.69, 9.17) is 0 Å². The van der Waals surface area contributed by atoms with Crippen LogP contribution in [0.2, 0.25) is 0 Å². The topological polar surface area (TPSA) is 199 Å². The number of fused-ring (bicyclic) bond motifs is 2. The predicted octanol–water partition coefficient (Wildman–Crippen LogP) is 1.86. The van der Waals surface area contributed by atoms with Gasteiger partial charge in [0, 0.05) is 11.0 Å². The summed E-state index contributed by atoms with van der Waals surface area (Å²) in [6.07, 6.45) is 0.572. The SMILES string of the molecule is CCC(Sc1nn[nH]n1)C1=C(C(=O)O)N2C(=O)C(NC(=O)C(NC(=O)c3nc4ccccc4[nH]3)c3ccccc3)[C@@H]2SC1. The Bertz CT molecular complexity index is 1690. The van der Waals surface area contributed by atoms with E-state index in [1.165, 1.54) is 28.4 Å². The van der Waals surface area contributed by atoms with Crippen molar-refractivity contribution in [3.63, 3.8) is 0 Å². The highest BCUT2D eigenvalue weighted by Crippen LogP contribution is 2.44. The smallest absolute Gasteiger partial charge is 0.352 e. The Kier molecular flexibility index (Phi) is 7.86. The average molecular weight is 620 g/mol. The predicted molar refractivity (Wildman–Crippen MR) is 157 cm³/mol. The molecule has 4 aromatic rings. The van der Waals surface area contributed by atoms with Crippen LogP contribution in [0.3, 0.4) is 0 Å². The number of H-pyrrole nitrogens is 2. The van der Waals surface area contributed by atoms with Gasteiger partial charge < -0.3 is 20.7 Å². The third-order valence-corrected chi connectivity index (χ3v) is 9.69. The van der Waals surface area contributed by atoms with Gasteiger partial charge in [-0.1, -0.05) is 61.2 Å². The summed E-state index contributed by atoms with van der Waals surface area (Å²) in [4.78, 5) is 61.1. The molecule has 6 rings (SSSR count). The van der Waals surface area contributed by atoms with Gasteiger partial charge >= 0.3 is 5.97 Å². The van der Waals surface area contributed by atoms with Gasteiger partial charge in [0.25, 0.3) is 11.8 Å². The zero-order valence-electron chi connectivity index (χ0n) is 22.6. The van der Waals surface area contributed by atoms with Crippen LogP contribution in [0.4, 0.5) is 0 Å². The summed E-state index contributed by atoms with van der Waals surface area (Å²) in [6.45, 7) is 1.91. The molecule has 0 aliphatic carbocycles. The van der Waals surface area contributed by atoms with Crippen LogP contribution in [-0.2, 0) is 14.4 Å². The highest BCUT2D eigenvalue weighted by molar-refractivity contribution is 8.01. The molecule has 2 aromatic carbocycles. The molecule has 0 spiro atoms. The number of tetrazole rings is 1. The number of rotatable bonds is 10. The first kappa shape index (κ1) is 28.4. The van der Waals surface area contributed by atoms with Gasteiger partial charge in [-0.05, 0) is 34.9 Å². The number of amides is 3. The fraction of sp³-hybridized carbons (Fsp3) is 0.259. The van der Waals surface area contributed by atoms with Crippen molar-refractivity contribution in [2.45, 2.75) is 41.2 Å². The lowest BCUT2D eigenvalue weighted by molar-refractivity contribution is -0.151. The molecule has 1 saturated heterocycles. The number of carboxylic acid groups (broad SMARTS) is 1. The number of carboxylic acids is 1. The highest BCUT2D eigenvalue weighted by Gasteiger charge is 2.55. The number of thioether (sulfide) groups is 2. The molecule has 2 aliphatic heterocycles. The Morgan fingerprint density at radius 1 is 1.16 bits per heavy atom. The van der Waals surface area contributed by atoms with Gasteiger partial charge in [0.05, 0.1) is 11.0 Å². The molecule has 4 atom stereocenters. The van der Waals surface area contributed by atoms with Crippen LogP contribution in [0.25, 0.3) is 11.0 Å². The summed E-state index contributed by atoms with van der Waals surface area (Å²) >= 11 is 2.63. The molecule has 0 radical (unpaired) electrons. The van der Waals surface area contributed by atoms with Crippen LogP contribution < -0.4 is 10.6 Å². The molecule has 16 heteroatoms. The Balaban J connectivity index is 1.21. The van der Waals surface area contributed by atoms with E-state index in [0.29, 0.717) is 39.5 Å². The number of benzene rings is 2. The number of hydrogen-bond donors (Lipinski definition) is 5. The maximum atomic E-state index is 13.6. The zero-order chi connectivity index (χ0) is 30.1. The standard InChI is InChI=1S/C27H25N9O5S2/c1-2-17(43-27-32-34-35-33-27)14-12-42-25-19(24(39)36(25)20(14)26(40)41)31-22(37)18(13-8-4-3-5-9-13)30-23(38)21-28-15-10-6-7-11-16(15)29-21/h3-11,17-19,25H,2,12H2,1H3,(H,28,29)(H,30,38)(H,31,37)(H,40,41)(H,32,33,34,35)/t17?,18?,19?,25-/m0/s1. The third-order valence-electron chi connectivity index (χ3n) is 7.11. The largest absolute Gasteiger partial charge is 0.477 e. The zero-order valence-corrected chi connectivity index (χ0v) is 24.2. The van der Waals surface area contributed by atoms with Gasteiger partial charge in [-0.3, -0.25) is 19.3 Å². The van der Waals surface area contributed by atoms with E-state index in [9.17, 15) is 24.3 Å². The number of aromatic amines is 2. The van der Waals surface area contributed by atoms with Gasteiger partial charge in [-0.2, -0.15) is 5.21 Å². The van der Waals surface area contributed by atoms with Gasteiger partial charge in [-0.15, -0.1) is 22.0 Å². The molecule has 0 saturated carbocycles. The Labute approximate surface area is 252 Å². The van der Waals surface area contributed by atoms with E-state index in [2.05, 4.69) is 41.2 Å². The number of carbonyl (C=O) groups excluding carboxylic acids is 3. The van der Waals surface area contributed by atoms with Crippen molar-refractivity contribution in [1.82, 2.24) is 46.1 Å². The van der Waals surface area contributed by atoms with Gasteiger partial charge in [0.1, 0.15) is 23.2 Å². The van der Waals surface area contributed by atoms with E-state index in [1.54, 1.807) is 48.5 Å². The molecule has 3 unspecified atom stereocenters. The fourth-order valence-corrected chi connectivity index (χ4v) is 7.53. The molecule has 43 heavy (non-hydrogen) atoms. The number of hydrogen-bond acceptors (Lipinski definition) is 10. The number of carbonyl (C=O) groups is 4. The minimum absolute atomic E-state index is 0.0385. The number of β-lactam (4-membered cyclic amide) rings is 1. The van der Waals surface area contributed by atoms with Crippen LogP contribution >= 0.6 is 23.5 Å². The van der Waals surface area contributed by atoms with Crippen molar-refractivity contribution in [2.24, 2.45) is 0 Å². The lowest BCUT2D eigenvalue weighted by atomic mass is 9.99. The van der Waals surface area contributed by atoms with E-state index >= 15 is 0 Å². The van der Waals surface area contributed by atoms with Crippen LogP contribution in [0, 0.1) is 0 Å². The maximum Gasteiger partial charge on any atom is 0.352 e. The first-order valence-electron chi connectivity index (χ1n) is 13.3. The van der Waals surface area contributed by atoms with Gasteiger partial charge in [-0.25, -0.2) is 9.78 Å². The van der Waals surface area contributed by atoms with E-state index in [0.717, 1.165) is 0 Å². The monoisotopic (exact) mass is 619 g/mol. The van der Waals surface area contributed by atoms with Crippen LogP contribution in [-0.4, -0.2) is 86.7 Å². The summed E-state index contributed by atoms with van der Waals surface area (Å²) in [5.74, 6) is -2.62. The second kappa shape index (κ2) is 11.9. The van der Waals surface area contributed by atoms with E-state index < -0.39 is 41.1 Å². The number of nitrogens with zero attached hydrogens (tertiary/aromatic N) is 5. The van der Waals surface area contributed by atoms with Gasteiger partial charge in [0.15, 0.2) is 5.82 Å². The summed E-state index contributed by atoms with van der Waals surface area (Å²) in [6, 6.07) is 13.7. The molecule has 3 amide bonds. The molecule has 5 N–H and O–H groups in total. The van der Waals surface area contributed by atoms with Crippen LogP contribution in [0.5, 0.6) is 0 Å². The fourth-order valence-electron chi connectivity index (χ4n) is 5.06. The highest BCUT2D eigenvalue weighted by atomic mass is 32.2. The molecule has 2 aromatic heterocycles. The number of para-hydroxylation sites is 2. The molecule has 220 valence electrons.